The second kappa shape index (κ2) is 5.96. The molecule has 0 N–H and O–H groups in total. The third-order valence-corrected chi connectivity index (χ3v) is 3.50. The van der Waals surface area contributed by atoms with Crippen molar-refractivity contribution in [3.63, 3.8) is 0 Å². The van der Waals surface area contributed by atoms with E-state index in [1.54, 1.807) is 44.2 Å². The number of pyridine rings is 1. The van der Waals surface area contributed by atoms with Crippen LogP contribution in [0.2, 0.25) is 0 Å². The summed E-state index contributed by atoms with van der Waals surface area (Å²) in [6.45, 7) is 0. The smallest absolute Gasteiger partial charge is 0.238 e. The molecule has 0 spiro atoms. The lowest BCUT2D eigenvalue weighted by Gasteiger charge is -2.10. The minimum atomic E-state index is 0.518. The van der Waals surface area contributed by atoms with Gasteiger partial charge in [-0.05, 0) is 24.3 Å². The maximum absolute atomic E-state index is 5.32. The van der Waals surface area contributed by atoms with E-state index >= 15 is 0 Å². The van der Waals surface area contributed by atoms with Gasteiger partial charge in [0.15, 0.2) is 11.6 Å². The Morgan fingerprint density at radius 2 is 1.88 bits per heavy atom. The van der Waals surface area contributed by atoms with Gasteiger partial charge in [-0.25, -0.2) is 19.9 Å². The number of ether oxygens (including phenoxy) is 1. The highest BCUT2D eigenvalue weighted by atomic mass is 16.5. The summed E-state index contributed by atoms with van der Waals surface area (Å²) in [5.41, 5.74) is 1.57. The van der Waals surface area contributed by atoms with Crippen LogP contribution < -0.4 is 4.74 Å². The summed E-state index contributed by atoms with van der Waals surface area (Å²) in [4.78, 5) is 17.3. The van der Waals surface area contributed by atoms with E-state index < -0.39 is 0 Å². The van der Waals surface area contributed by atoms with E-state index in [0.717, 1.165) is 11.3 Å². The molecule has 0 aliphatic rings. The molecule has 7 heteroatoms. The summed E-state index contributed by atoms with van der Waals surface area (Å²) in [6.07, 6.45) is 10.3. The summed E-state index contributed by atoms with van der Waals surface area (Å²) in [5, 5.41) is 0. The van der Waals surface area contributed by atoms with Crippen molar-refractivity contribution in [1.82, 2.24) is 24.5 Å². The SMILES string of the molecule is COc1ncccc1-n1ccnc1-c1cnc(-c2ccco2)nc1. The molecule has 118 valence electrons. The molecule has 0 bridgehead atoms. The van der Waals surface area contributed by atoms with Crippen LogP contribution in [0.15, 0.2) is 65.9 Å². The third-order valence-electron chi connectivity index (χ3n) is 3.50. The van der Waals surface area contributed by atoms with E-state index in [9.17, 15) is 0 Å². The summed E-state index contributed by atoms with van der Waals surface area (Å²) in [5.74, 6) is 2.37. The van der Waals surface area contributed by atoms with E-state index in [-0.39, 0.29) is 0 Å². The lowest BCUT2D eigenvalue weighted by atomic mass is 10.3. The van der Waals surface area contributed by atoms with Gasteiger partial charge < -0.3 is 9.15 Å². The Labute approximate surface area is 137 Å². The number of aromatic nitrogens is 5. The van der Waals surface area contributed by atoms with Crippen LogP contribution in [-0.4, -0.2) is 31.6 Å². The molecule has 0 saturated carbocycles. The lowest BCUT2D eigenvalue weighted by molar-refractivity contribution is 0.396. The van der Waals surface area contributed by atoms with Crippen LogP contribution in [-0.2, 0) is 0 Å². The fraction of sp³-hybridized carbons (Fsp3) is 0.0588. The summed E-state index contributed by atoms with van der Waals surface area (Å²) in [6, 6.07) is 7.37. The Morgan fingerprint density at radius 3 is 2.62 bits per heavy atom. The molecule has 0 atom stereocenters. The molecule has 0 aliphatic heterocycles. The predicted molar refractivity (Wildman–Crippen MR) is 86.6 cm³/mol. The first-order valence-corrected chi connectivity index (χ1v) is 7.26. The van der Waals surface area contributed by atoms with Gasteiger partial charge in [0.1, 0.15) is 11.5 Å². The number of hydrogen-bond acceptors (Lipinski definition) is 6. The quantitative estimate of drug-likeness (QED) is 0.575. The van der Waals surface area contributed by atoms with E-state index in [4.69, 9.17) is 9.15 Å². The van der Waals surface area contributed by atoms with Crippen LogP contribution in [0.5, 0.6) is 5.88 Å². The predicted octanol–water partition coefficient (Wildman–Crippen LogP) is 2.99. The van der Waals surface area contributed by atoms with E-state index in [1.165, 1.54) is 0 Å². The van der Waals surface area contributed by atoms with Crippen LogP contribution in [0.3, 0.4) is 0 Å². The van der Waals surface area contributed by atoms with Crippen molar-refractivity contribution in [3.05, 3.63) is 61.5 Å². The molecule has 0 aromatic carbocycles. The van der Waals surface area contributed by atoms with Gasteiger partial charge in [0.05, 0.1) is 18.9 Å². The number of nitrogens with zero attached hydrogens (tertiary/aromatic N) is 5. The summed E-state index contributed by atoms with van der Waals surface area (Å²) < 4.78 is 12.5. The second-order valence-corrected chi connectivity index (χ2v) is 4.93. The molecule has 7 nitrogen and oxygen atoms in total. The van der Waals surface area contributed by atoms with Crippen molar-refractivity contribution in [1.29, 1.82) is 0 Å². The molecule has 4 heterocycles. The number of methoxy groups -OCH3 is 1. The molecule has 0 radical (unpaired) electrons. The molecule has 0 aliphatic carbocycles. The van der Waals surface area contributed by atoms with E-state index in [1.807, 2.05) is 29.0 Å². The number of imidazole rings is 1. The summed E-state index contributed by atoms with van der Waals surface area (Å²) in [7, 11) is 1.59. The Bertz CT molecular complexity index is 945. The van der Waals surface area contributed by atoms with E-state index in [0.29, 0.717) is 23.3 Å². The van der Waals surface area contributed by atoms with Gasteiger partial charge in [-0.2, -0.15) is 0 Å². The monoisotopic (exact) mass is 319 g/mol. The van der Waals surface area contributed by atoms with Crippen molar-refractivity contribution in [2.45, 2.75) is 0 Å². The zero-order valence-electron chi connectivity index (χ0n) is 12.8. The molecule has 4 aromatic rings. The van der Waals surface area contributed by atoms with Crippen molar-refractivity contribution >= 4 is 0 Å². The van der Waals surface area contributed by atoms with Crippen LogP contribution in [0.25, 0.3) is 28.7 Å². The maximum Gasteiger partial charge on any atom is 0.238 e. The molecule has 0 unspecified atom stereocenters. The fourth-order valence-corrected chi connectivity index (χ4v) is 2.41. The zero-order chi connectivity index (χ0) is 16.4. The standard InChI is InChI=1S/C17H13N5O2/c1-23-17-13(4-2-6-19-17)22-8-7-18-16(22)12-10-20-15(21-11-12)14-5-3-9-24-14/h2-11H,1H3. The Kier molecular flexibility index (Phi) is 3.51. The molecule has 24 heavy (non-hydrogen) atoms. The minimum absolute atomic E-state index is 0.518. The highest BCUT2D eigenvalue weighted by Gasteiger charge is 2.13. The van der Waals surface area contributed by atoms with Crippen LogP contribution in [0, 0.1) is 0 Å². The number of furan rings is 1. The van der Waals surface area contributed by atoms with Gasteiger partial charge in [0.2, 0.25) is 5.88 Å². The minimum Gasteiger partial charge on any atom is -0.480 e. The van der Waals surface area contributed by atoms with Crippen molar-refractivity contribution in [3.8, 4) is 34.5 Å². The van der Waals surface area contributed by atoms with Crippen LogP contribution in [0.1, 0.15) is 0 Å². The van der Waals surface area contributed by atoms with Gasteiger partial charge in [-0.15, -0.1) is 0 Å². The highest BCUT2D eigenvalue weighted by Crippen LogP contribution is 2.26. The van der Waals surface area contributed by atoms with Crippen molar-refractivity contribution in [2.75, 3.05) is 7.11 Å². The van der Waals surface area contributed by atoms with Gasteiger partial charge >= 0.3 is 0 Å². The average molecular weight is 319 g/mol. The number of hydrogen-bond donors (Lipinski definition) is 0. The Hall–Kier alpha value is -3.48. The molecular weight excluding hydrogens is 306 g/mol. The molecular formula is C17H13N5O2. The largest absolute Gasteiger partial charge is 0.480 e. The Morgan fingerprint density at radius 1 is 1.00 bits per heavy atom. The normalized spacial score (nSPS) is 10.7. The first-order chi connectivity index (χ1) is 11.9. The lowest BCUT2D eigenvalue weighted by Crippen LogP contribution is -2.01. The Balaban J connectivity index is 1.75. The average Bonchev–Trinajstić information content (AvgIpc) is 3.33. The first-order valence-electron chi connectivity index (χ1n) is 7.26. The first kappa shape index (κ1) is 14.1. The second-order valence-electron chi connectivity index (χ2n) is 4.93. The number of rotatable bonds is 4. The highest BCUT2D eigenvalue weighted by molar-refractivity contribution is 5.59. The van der Waals surface area contributed by atoms with Crippen molar-refractivity contribution in [2.24, 2.45) is 0 Å². The van der Waals surface area contributed by atoms with Gasteiger partial charge in [0, 0.05) is 31.0 Å². The van der Waals surface area contributed by atoms with E-state index in [2.05, 4.69) is 19.9 Å². The molecule has 0 amide bonds. The van der Waals surface area contributed by atoms with Gasteiger partial charge in [-0.1, -0.05) is 0 Å². The zero-order valence-corrected chi connectivity index (χ0v) is 12.8. The topological polar surface area (TPSA) is 78.9 Å². The molecule has 0 saturated heterocycles. The summed E-state index contributed by atoms with van der Waals surface area (Å²) >= 11 is 0. The molecule has 4 aromatic heterocycles. The fourth-order valence-electron chi connectivity index (χ4n) is 2.41. The van der Waals surface area contributed by atoms with Gasteiger partial charge in [-0.3, -0.25) is 4.57 Å². The molecule has 4 rings (SSSR count). The van der Waals surface area contributed by atoms with Crippen LogP contribution >= 0.6 is 0 Å². The van der Waals surface area contributed by atoms with Crippen molar-refractivity contribution < 1.29 is 9.15 Å². The molecule has 0 fully saturated rings. The van der Waals surface area contributed by atoms with Crippen LogP contribution in [0.4, 0.5) is 0 Å². The van der Waals surface area contributed by atoms with Gasteiger partial charge in [0.25, 0.3) is 0 Å². The third kappa shape index (κ3) is 2.41. The maximum atomic E-state index is 5.32.